The lowest BCUT2D eigenvalue weighted by Gasteiger charge is -2.43. The Morgan fingerprint density at radius 1 is 1.06 bits per heavy atom. The van der Waals surface area contributed by atoms with Crippen molar-refractivity contribution in [3.8, 4) is 0 Å². The van der Waals surface area contributed by atoms with Crippen molar-refractivity contribution in [1.82, 2.24) is 9.80 Å². The minimum Gasteiger partial charge on any atom is -0.480 e. The summed E-state index contributed by atoms with van der Waals surface area (Å²) in [5.74, 6) is -0.884. The first-order chi connectivity index (χ1) is 8.05. The average molecular weight is 240 g/mol. The number of carboxylic acids is 1. The van der Waals surface area contributed by atoms with Crippen LogP contribution in [0.2, 0.25) is 0 Å². The van der Waals surface area contributed by atoms with Gasteiger partial charge >= 0.3 is 12.0 Å². The van der Waals surface area contributed by atoms with Crippen LogP contribution in [0.15, 0.2) is 0 Å². The Balaban J connectivity index is 2.15. The number of hydrogen-bond acceptors (Lipinski definition) is 2. The molecule has 1 unspecified atom stereocenters. The summed E-state index contributed by atoms with van der Waals surface area (Å²) < 4.78 is 0. The summed E-state index contributed by atoms with van der Waals surface area (Å²) in [6, 6.07) is -0.0906. The lowest BCUT2D eigenvalue weighted by Crippen LogP contribution is -2.60. The van der Waals surface area contributed by atoms with Gasteiger partial charge in [-0.1, -0.05) is 0 Å². The van der Waals surface area contributed by atoms with Gasteiger partial charge in [0.1, 0.15) is 5.54 Å². The fourth-order valence-corrected chi connectivity index (χ4v) is 2.73. The highest BCUT2D eigenvalue weighted by atomic mass is 16.4. The van der Waals surface area contributed by atoms with Crippen molar-refractivity contribution >= 4 is 12.0 Å². The van der Waals surface area contributed by atoms with E-state index in [1.165, 1.54) is 0 Å². The van der Waals surface area contributed by atoms with E-state index >= 15 is 0 Å². The quantitative estimate of drug-likeness (QED) is 0.756. The van der Waals surface area contributed by atoms with Gasteiger partial charge in [0.15, 0.2) is 0 Å². The standard InChI is InChI=1S/C12H20N2O3/c1-12(10(15)16)6-2-3-9-14(12)11(17)13-7-4-5-8-13/h2-9H2,1H3,(H,15,16). The molecule has 2 fully saturated rings. The number of rotatable bonds is 1. The van der Waals surface area contributed by atoms with Crippen LogP contribution in [0, 0.1) is 0 Å². The molecule has 2 aliphatic heterocycles. The summed E-state index contributed by atoms with van der Waals surface area (Å²) in [7, 11) is 0. The number of piperidine rings is 1. The molecule has 2 saturated heterocycles. The van der Waals surface area contributed by atoms with Gasteiger partial charge in [-0.2, -0.15) is 0 Å². The van der Waals surface area contributed by atoms with Gasteiger partial charge in [-0.3, -0.25) is 0 Å². The zero-order valence-electron chi connectivity index (χ0n) is 10.3. The Bertz CT molecular complexity index is 326. The summed E-state index contributed by atoms with van der Waals surface area (Å²) in [6.45, 7) is 3.77. The first-order valence-corrected chi connectivity index (χ1v) is 6.35. The van der Waals surface area contributed by atoms with Crippen LogP contribution in [0.4, 0.5) is 4.79 Å². The number of carbonyl (C=O) groups excluding carboxylic acids is 1. The van der Waals surface area contributed by atoms with Crippen molar-refractivity contribution in [3.05, 3.63) is 0 Å². The number of urea groups is 1. The van der Waals surface area contributed by atoms with Crippen LogP contribution in [0.5, 0.6) is 0 Å². The van der Waals surface area contributed by atoms with Gasteiger partial charge in [-0.15, -0.1) is 0 Å². The molecule has 0 saturated carbocycles. The summed E-state index contributed by atoms with van der Waals surface area (Å²) >= 11 is 0. The zero-order valence-corrected chi connectivity index (χ0v) is 10.3. The van der Waals surface area contributed by atoms with Crippen molar-refractivity contribution < 1.29 is 14.7 Å². The Labute approximate surface area is 101 Å². The van der Waals surface area contributed by atoms with Gasteiger partial charge in [0.2, 0.25) is 0 Å². The van der Waals surface area contributed by atoms with E-state index < -0.39 is 11.5 Å². The monoisotopic (exact) mass is 240 g/mol. The van der Waals surface area contributed by atoms with Gasteiger partial charge < -0.3 is 14.9 Å². The SMILES string of the molecule is CC1(C(=O)O)CCCCN1C(=O)N1CCCC1. The second-order valence-corrected chi connectivity index (χ2v) is 5.16. The van der Waals surface area contributed by atoms with Gasteiger partial charge in [-0.25, -0.2) is 9.59 Å². The fraction of sp³-hybridized carbons (Fsp3) is 0.833. The van der Waals surface area contributed by atoms with Crippen LogP contribution in [-0.2, 0) is 4.79 Å². The predicted molar refractivity (Wildman–Crippen MR) is 62.8 cm³/mol. The van der Waals surface area contributed by atoms with Gasteiger partial charge in [0.05, 0.1) is 0 Å². The normalized spacial score (nSPS) is 29.5. The molecule has 96 valence electrons. The molecule has 0 aromatic rings. The highest BCUT2D eigenvalue weighted by Crippen LogP contribution is 2.30. The minimum absolute atomic E-state index is 0.0906. The topological polar surface area (TPSA) is 60.9 Å². The molecule has 1 atom stereocenters. The number of aliphatic carboxylic acids is 1. The van der Waals surface area contributed by atoms with Crippen LogP contribution in [-0.4, -0.2) is 52.1 Å². The van der Waals surface area contributed by atoms with Crippen molar-refractivity contribution in [2.24, 2.45) is 0 Å². The summed E-state index contributed by atoms with van der Waals surface area (Å²) in [4.78, 5) is 27.0. The molecule has 1 N–H and O–H groups in total. The number of likely N-dealkylation sites (tertiary alicyclic amines) is 2. The van der Waals surface area contributed by atoms with Gasteiger partial charge in [0.25, 0.3) is 0 Å². The molecule has 0 aromatic carbocycles. The molecule has 0 bridgehead atoms. The highest BCUT2D eigenvalue weighted by Gasteiger charge is 2.45. The lowest BCUT2D eigenvalue weighted by molar-refractivity contribution is -0.150. The third-order valence-electron chi connectivity index (χ3n) is 3.96. The Morgan fingerprint density at radius 3 is 2.24 bits per heavy atom. The van der Waals surface area contributed by atoms with E-state index in [1.54, 1.807) is 16.7 Å². The number of carboxylic acid groups (broad SMARTS) is 1. The Hall–Kier alpha value is -1.26. The van der Waals surface area contributed by atoms with E-state index in [0.29, 0.717) is 13.0 Å². The van der Waals surface area contributed by atoms with Crippen molar-refractivity contribution in [2.75, 3.05) is 19.6 Å². The Morgan fingerprint density at radius 2 is 1.65 bits per heavy atom. The predicted octanol–water partition coefficient (Wildman–Crippen LogP) is 1.53. The second-order valence-electron chi connectivity index (χ2n) is 5.16. The largest absolute Gasteiger partial charge is 0.480 e. The third-order valence-corrected chi connectivity index (χ3v) is 3.96. The maximum Gasteiger partial charge on any atom is 0.329 e. The van der Waals surface area contributed by atoms with Gasteiger partial charge in [-0.05, 0) is 39.0 Å². The maximum atomic E-state index is 12.3. The van der Waals surface area contributed by atoms with E-state index in [4.69, 9.17) is 0 Å². The molecule has 2 amide bonds. The molecule has 17 heavy (non-hydrogen) atoms. The number of carbonyl (C=O) groups is 2. The van der Waals surface area contributed by atoms with Crippen molar-refractivity contribution in [3.63, 3.8) is 0 Å². The molecule has 0 spiro atoms. The first-order valence-electron chi connectivity index (χ1n) is 6.35. The Kier molecular flexibility index (Phi) is 3.26. The van der Waals surface area contributed by atoms with Crippen LogP contribution < -0.4 is 0 Å². The summed E-state index contributed by atoms with van der Waals surface area (Å²) in [5.41, 5.74) is -1.02. The van der Waals surface area contributed by atoms with Crippen molar-refractivity contribution in [2.45, 2.75) is 44.6 Å². The maximum absolute atomic E-state index is 12.3. The zero-order chi connectivity index (χ0) is 12.5. The van der Waals surface area contributed by atoms with E-state index in [-0.39, 0.29) is 6.03 Å². The molecule has 0 aliphatic carbocycles. The minimum atomic E-state index is -1.02. The van der Waals surface area contributed by atoms with Crippen LogP contribution in [0.25, 0.3) is 0 Å². The molecule has 5 heteroatoms. The molecular weight excluding hydrogens is 220 g/mol. The number of nitrogens with zero attached hydrogens (tertiary/aromatic N) is 2. The van der Waals surface area contributed by atoms with E-state index in [0.717, 1.165) is 38.8 Å². The van der Waals surface area contributed by atoms with E-state index in [2.05, 4.69) is 0 Å². The molecule has 2 aliphatic rings. The van der Waals surface area contributed by atoms with Gasteiger partial charge in [0, 0.05) is 19.6 Å². The van der Waals surface area contributed by atoms with Crippen molar-refractivity contribution in [1.29, 1.82) is 0 Å². The average Bonchev–Trinajstić information content (AvgIpc) is 2.82. The summed E-state index contributed by atoms with van der Waals surface area (Å²) in [6.07, 6.45) is 4.41. The fourth-order valence-electron chi connectivity index (χ4n) is 2.73. The smallest absolute Gasteiger partial charge is 0.329 e. The first kappa shape index (κ1) is 12.2. The molecule has 0 radical (unpaired) electrons. The summed E-state index contributed by atoms with van der Waals surface area (Å²) in [5, 5.41) is 9.35. The van der Waals surface area contributed by atoms with E-state index in [1.807, 2.05) is 0 Å². The molecule has 5 nitrogen and oxygen atoms in total. The third kappa shape index (κ3) is 2.10. The number of amides is 2. The number of hydrogen-bond donors (Lipinski definition) is 1. The highest BCUT2D eigenvalue weighted by molar-refractivity contribution is 5.86. The van der Waals surface area contributed by atoms with Crippen LogP contribution >= 0.6 is 0 Å². The van der Waals surface area contributed by atoms with Crippen LogP contribution in [0.3, 0.4) is 0 Å². The van der Waals surface area contributed by atoms with Crippen LogP contribution in [0.1, 0.15) is 39.0 Å². The lowest BCUT2D eigenvalue weighted by atomic mass is 9.89. The molecule has 2 heterocycles. The second kappa shape index (κ2) is 4.55. The van der Waals surface area contributed by atoms with E-state index in [9.17, 15) is 14.7 Å². The molecule has 2 rings (SSSR count). The molecular formula is C12H20N2O3. The molecule has 0 aromatic heterocycles.